The number of aromatic nitrogens is 2. The van der Waals surface area contributed by atoms with Gasteiger partial charge in [0.1, 0.15) is 0 Å². The van der Waals surface area contributed by atoms with Crippen LogP contribution in [-0.2, 0) is 4.74 Å². The molecule has 2 aliphatic heterocycles. The third-order valence-electron chi connectivity index (χ3n) is 4.64. The molecule has 3 heterocycles. The lowest BCUT2D eigenvalue weighted by Gasteiger charge is -2.34. The fourth-order valence-electron chi connectivity index (χ4n) is 3.12. The van der Waals surface area contributed by atoms with Crippen molar-refractivity contribution in [1.29, 1.82) is 0 Å². The van der Waals surface area contributed by atoms with Gasteiger partial charge in [0.25, 0.3) is 5.91 Å². The summed E-state index contributed by atoms with van der Waals surface area (Å²) in [4.78, 5) is 27.9. The fraction of sp³-hybridized carbons (Fsp3) is 0.368. The van der Waals surface area contributed by atoms with Crippen LogP contribution < -0.4 is 19.7 Å². The normalized spacial score (nSPS) is 15.2. The maximum atomic E-state index is 12.4. The Labute approximate surface area is 167 Å². The van der Waals surface area contributed by atoms with Crippen molar-refractivity contribution in [2.75, 3.05) is 49.8 Å². The van der Waals surface area contributed by atoms with Crippen molar-refractivity contribution in [2.45, 2.75) is 6.92 Å². The van der Waals surface area contributed by atoms with E-state index in [2.05, 4.69) is 15.5 Å². The number of fused-ring (bicyclic) bond motifs is 1. The summed E-state index contributed by atoms with van der Waals surface area (Å²) in [5, 5.41) is 11.0. The quantitative estimate of drug-likeness (QED) is 0.829. The molecule has 29 heavy (non-hydrogen) atoms. The lowest BCUT2D eigenvalue weighted by molar-refractivity contribution is 0.101. The molecule has 0 radical (unpaired) electrons. The van der Waals surface area contributed by atoms with E-state index >= 15 is 0 Å². The Morgan fingerprint density at radius 2 is 1.86 bits per heavy atom. The molecule has 1 aromatic carbocycles. The number of anilines is 2. The molecule has 152 valence electrons. The van der Waals surface area contributed by atoms with E-state index in [9.17, 15) is 9.59 Å². The first-order valence-corrected chi connectivity index (χ1v) is 9.35. The molecule has 0 aliphatic carbocycles. The minimum atomic E-state index is -0.366. The monoisotopic (exact) mass is 399 g/mol. The molecule has 1 aromatic heterocycles. The van der Waals surface area contributed by atoms with Crippen LogP contribution in [0, 0.1) is 0 Å². The van der Waals surface area contributed by atoms with Crippen LogP contribution in [0.5, 0.6) is 11.5 Å². The summed E-state index contributed by atoms with van der Waals surface area (Å²) in [6.45, 7) is 4.66. The summed E-state index contributed by atoms with van der Waals surface area (Å²) < 4.78 is 15.6. The number of hydrogen-bond acceptors (Lipinski definition) is 8. The number of piperazine rings is 1. The maximum Gasteiger partial charge on any atom is 0.409 e. The SMILES string of the molecule is CCOC(=O)N1CCN(c2ccc(C(=O)Nc3ccc4c(c3)OCO4)nn2)CC1. The van der Waals surface area contributed by atoms with Gasteiger partial charge in [-0.1, -0.05) is 0 Å². The summed E-state index contributed by atoms with van der Waals surface area (Å²) in [7, 11) is 0. The molecule has 1 saturated heterocycles. The van der Waals surface area contributed by atoms with Crippen LogP contribution in [0.15, 0.2) is 30.3 Å². The van der Waals surface area contributed by atoms with Crippen LogP contribution in [0.3, 0.4) is 0 Å². The average Bonchev–Trinajstić information content (AvgIpc) is 3.22. The van der Waals surface area contributed by atoms with Gasteiger partial charge in [0, 0.05) is 37.9 Å². The van der Waals surface area contributed by atoms with Gasteiger partial charge in [0.15, 0.2) is 23.0 Å². The van der Waals surface area contributed by atoms with Crippen molar-refractivity contribution in [3.63, 3.8) is 0 Å². The predicted octanol–water partition coefficient (Wildman–Crippen LogP) is 1.74. The smallest absolute Gasteiger partial charge is 0.409 e. The van der Waals surface area contributed by atoms with Gasteiger partial charge in [-0.05, 0) is 31.2 Å². The lowest BCUT2D eigenvalue weighted by Crippen LogP contribution is -2.49. The standard InChI is InChI=1S/C19H21N5O5/c1-2-27-19(26)24-9-7-23(8-10-24)17-6-4-14(21-22-17)18(25)20-13-3-5-15-16(11-13)29-12-28-15/h3-6,11H,2,7-10,12H2,1H3,(H,20,25). The summed E-state index contributed by atoms with van der Waals surface area (Å²) in [5.74, 6) is 1.53. The highest BCUT2D eigenvalue weighted by Crippen LogP contribution is 2.34. The number of carbonyl (C=O) groups is 2. The molecule has 4 rings (SSSR count). The van der Waals surface area contributed by atoms with E-state index in [1.807, 2.05) is 4.90 Å². The molecule has 1 N–H and O–H groups in total. The fourth-order valence-corrected chi connectivity index (χ4v) is 3.12. The van der Waals surface area contributed by atoms with Crippen LogP contribution >= 0.6 is 0 Å². The van der Waals surface area contributed by atoms with Crippen molar-refractivity contribution >= 4 is 23.5 Å². The Morgan fingerprint density at radius 1 is 1.07 bits per heavy atom. The van der Waals surface area contributed by atoms with E-state index in [-0.39, 0.29) is 24.5 Å². The summed E-state index contributed by atoms with van der Waals surface area (Å²) >= 11 is 0. The molecule has 0 atom stereocenters. The Morgan fingerprint density at radius 3 is 2.59 bits per heavy atom. The lowest BCUT2D eigenvalue weighted by atomic mass is 10.2. The molecule has 1 fully saturated rings. The molecular weight excluding hydrogens is 378 g/mol. The van der Waals surface area contributed by atoms with Crippen molar-refractivity contribution in [1.82, 2.24) is 15.1 Å². The second-order valence-electron chi connectivity index (χ2n) is 6.47. The number of ether oxygens (including phenoxy) is 3. The second-order valence-corrected chi connectivity index (χ2v) is 6.47. The highest BCUT2D eigenvalue weighted by Gasteiger charge is 2.23. The van der Waals surface area contributed by atoms with Crippen molar-refractivity contribution < 1.29 is 23.8 Å². The highest BCUT2D eigenvalue weighted by molar-refractivity contribution is 6.03. The Hall–Kier alpha value is -3.56. The molecule has 2 amide bonds. The molecule has 0 unspecified atom stereocenters. The van der Waals surface area contributed by atoms with Crippen molar-refractivity contribution in [2.24, 2.45) is 0 Å². The topological polar surface area (TPSA) is 106 Å². The molecule has 10 heteroatoms. The van der Waals surface area contributed by atoms with Gasteiger partial charge in [0.05, 0.1) is 6.61 Å². The molecule has 10 nitrogen and oxygen atoms in total. The third-order valence-corrected chi connectivity index (χ3v) is 4.64. The number of rotatable bonds is 4. The molecule has 0 saturated carbocycles. The van der Waals surface area contributed by atoms with Crippen molar-refractivity contribution in [3.05, 3.63) is 36.0 Å². The van der Waals surface area contributed by atoms with Gasteiger partial charge in [-0.25, -0.2) is 4.79 Å². The van der Waals surface area contributed by atoms with E-state index < -0.39 is 0 Å². The van der Waals surface area contributed by atoms with E-state index in [1.165, 1.54) is 0 Å². The van der Waals surface area contributed by atoms with Gasteiger partial charge in [-0.3, -0.25) is 4.79 Å². The zero-order valence-corrected chi connectivity index (χ0v) is 16.0. The molecule has 0 spiro atoms. The Kier molecular flexibility index (Phi) is 5.32. The van der Waals surface area contributed by atoms with E-state index in [1.54, 1.807) is 42.2 Å². The van der Waals surface area contributed by atoms with Crippen LogP contribution in [0.4, 0.5) is 16.3 Å². The number of nitrogens with one attached hydrogen (secondary N) is 1. The summed E-state index contributed by atoms with van der Waals surface area (Å²) in [6.07, 6.45) is -0.297. The predicted molar refractivity (Wildman–Crippen MR) is 103 cm³/mol. The van der Waals surface area contributed by atoms with Gasteiger partial charge >= 0.3 is 6.09 Å². The minimum absolute atomic E-state index is 0.174. The van der Waals surface area contributed by atoms with Crippen LogP contribution in [-0.4, -0.2) is 66.7 Å². The summed E-state index contributed by atoms with van der Waals surface area (Å²) in [5.41, 5.74) is 0.789. The number of benzene rings is 1. The Bertz CT molecular complexity index is 896. The van der Waals surface area contributed by atoms with Gasteiger partial charge in [-0.2, -0.15) is 0 Å². The molecule has 2 aromatic rings. The zero-order chi connectivity index (χ0) is 20.2. The average molecular weight is 399 g/mol. The van der Waals surface area contributed by atoms with Crippen LogP contribution in [0.1, 0.15) is 17.4 Å². The van der Waals surface area contributed by atoms with Gasteiger partial charge in [-0.15, -0.1) is 10.2 Å². The maximum absolute atomic E-state index is 12.4. The number of hydrogen-bond donors (Lipinski definition) is 1. The summed E-state index contributed by atoms with van der Waals surface area (Å²) in [6, 6.07) is 8.55. The largest absolute Gasteiger partial charge is 0.454 e. The molecule has 0 bridgehead atoms. The first-order valence-electron chi connectivity index (χ1n) is 9.35. The van der Waals surface area contributed by atoms with E-state index in [4.69, 9.17) is 14.2 Å². The second kappa shape index (κ2) is 8.21. The van der Waals surface area contributed by atoms with E-state index in [0.717, 1.165) is 0 Å². The van der Waals surface area contributed by atoms with E-state index in [0.29, 0.717) is 55.8 Å². The van der Waals surface area contributed by atoms with Crippen LogP contribution in [0.2, 0.25) is 0 Å². The van der Waals surface area contributed by atoms with Gasteiger partial charge < -0.3 is 29.3 Å². The minimum Gasteiger partial charge on any atom is -0.454 e. The number of nitrogens with zero attached hydrogens (tertiary/aromatic N) is 4. The Balaban J connectivity index is 1.34. The first kappa shape index (κ1) is 18.8. The van der Waals surface area contributed by atoms with Gasteiger partial charge in [0.2, 0.25) is 6.79 Å². The first-order chi connectivity index (χ1) is 14.1. The highest BCUT2D eigenvalue weighted by atomic mass is 16.7. The molecule has 2 aliphatic rings. The van der Waals surface area contributed by atoms with Crippen LogP contribution in [0.25, 0.3) is 0 Å². The molecular formula is C19H21N5O5. The third kappa shape index (κ3) is 4.15. The number of carbonyl (C=O) groups excluding carboxylic acids is 2. The zero-order valence-electron chi connectivity index (χ0n) is 16.0. The number of amides is 2. The van der Waals surface area contributed by atoms with Crippen molar-refractivity contribution in [3.8, 4) is 11.5 Å².